The molecule has 0 radical (unpaired) electrons. The van der Waals surface area contributed by atoms with E-state index in [4.69, 9.17) is 0 Å². The fourth-order valence-electron chi connectivity index (χ4n) is 0. The van der Waals surface area contributed by atoms with E-state index in [9.17, 15) is 0 Å². The first kappa shape index (κ1) is 47.6. The first-order valence-corrected chi connectivity index (χ1v) is 0. The van der Waals surface area contributed by atoms with Crippen molar-refractivity contribution < 1.29 is 39.6 Å². The molecular formula is H6HfMgO2. The van der Waals surface area contributed by atoms with Gasteiger partial charge in [0.15, 0.2) is 0 Å². The number of hydrogen-bond acceptors (Lipinski definition) is 0. The molecule has 0 aliphatic rings. The van der Waals surface area contributed by atoms with Crippen molar-refractivity contribution in [1.29, 1.82) is 0 Å². The third-order valence-corrected chi connectivity index (χ3v) is 0. The zero-order chi connectivity index (χ0) is 0. The minimum atomic E-state index is 0. The molecule has 0 atom stereocenters. The molecule has 2 nitrogen and oxygen atoms in total. The van der Waals surface area contributed by atoms with E-state index in [0.717, 1.165) is 0 Å². The van der Waals surface area contributed by atoms with E-state index < -0.39 is 0 Å². The van der Waals surface area contributed by atoms with Crippen LogP contribution in [0, 0.1) is 0 Å². The normalized spacial score (nSPS) is 0. The Morgan fingerprint density at radius 1 is 1.00 bits per heavy atom. The molecule has 0 unspecified atom stereocenters. The first-order chi connectivity index (χ1) is 0. The molecule has 4 N–H and O–H groups in total. The van der Waals surface area contributed by atoms with Gasteiger partial charge in [-0.2, -0.15) is 0 Å². The van der Waals surface area contributed by atoms with Gasteiger partial charge in [-0.05, 0) is 0 Å². The fourth-order valence-corrected chi connectivity index (χ4v) is 0. The molecule has 0 heterocycles. The van der Waals surface area contributed by atoms with E-state index in [-0.39, 0.29) is 62.7 Å². The molecule has 0 aromatic carbocycles. The Labute approximate surface area is 62.5 Å². The van der Waals surface area contributed by atoms with Crippen molar-refractivity contribution >= 4 is 23.1 Å². The monoisotopic (exact) mass is 242 g/mol. The number of rotatable bonds is 0. The van der Waals surface area contributed by atoms with Crippen molar-refractivity contribution in [3.05, 3.63) is 0 Å². The van der Waals surface area contributed by atoms with Crippen molar-refractivity contribution in [3.8, 4) is 0 Å². The summed E-state index contributed by atoms with van der Waals surface area (Å²) >= 11 is 0. The molecule has 0 aromatic heterocycles. The molecule has 0 bridgehead atoms. The first-order valence-electron chi connectivity index (χ1n) is 0. The van der Waals surface area contributed by atoms with Crippen molar-refractivity contribution in [2.45, 2.75) is 0 Å². The van der Waals surface area contributed by atoms with Crippen molar-refractivity contribution in [2.24, 2.45) is 0 Å². The largest absolute Gasteiger partial charge is 2.00 e. The Morgan fingerprint density at radius 3 is 1.00 bits per heavy atom. The van der Waals surface area contributed by atoms with Gasteiger partial charge in [0.25, 0.3) is 0 Å². The summed E-state index contributed by atoms with van der Waals surface area (Å²) in [4.78, 5) is 0. The van der Waals surface area contributed by atoms with E-state index in [0.29, 0.717) is 0 Å². The van der Waals surface area contributed by atoms with Crippen molar-refractivity contribution in [1.82, 2.24) is 0 Å². The van der Waals surface area contributed by atoms with E-state index in [1.54, 1.807) is 0 Å². The van der Waals surface area contributed by atoms with Crippen LogP contribution in [0.2, 0.25) is 0 Å². The number of hydrogen-bond donors (Lipinski definition) is 0. The molecule has 4 heteroatoms. The van der Waals surface area contributed by atoms with Crippen molar-refractivity contribution in [2.75, 3.05) is 0 Å². The molecule has 0 saturated heterocycles. The van der Waals surface area contributed by atoms with Gasteiger partial charge in [0, 0.05) is 25.8 Å². The summed E-state index contributed by atoms with van der Waals surface area (Å²) in [6, 6.07) is 0. The summed E-state index contributed by atoms with van der Waals surface area (Å²) in [5.41, 5.74) is 0. The second kappa shape index (κ2) is 23.8. The summed E-state index contributed by atoms with van der Waals surface area (Å²) in [6.45, 7) is 0. The predicted molar refractivity (Wildman–Crippen MR) is 15.2 cm³/mol. The standard InChI is InChI=1S/Hf.Mg.2H2O.2H/h;;2*1H2;;/q;+2;;;2*-1. The van der Waals surface area contributed by atoms with Crippen LogP contribution < -0.4 is 0 Å². The zero-order valence-corrected chi connectivity index (χ0v) is 7.21. The topological polar surface area (TPSA) is 63.0 Å². The summed E-state index contributed by atoms with van der Waals surface area (Å²) in [6.07, 6.45) is 0. The van der Waals surface area contributed by atoms with E-state index in [1.807, 2.05) is 0 Å². The summed E-state index contributed by atoms with van der Waals surface area (Å²) in [5, 5.41) is 0. The Balaban J connectivity index is 0. The Hall–Kier alpha value is 1.56. The molecule has 24 valence electrons. The van der Waals surface area contributed by atoms with Gasteiger partial charge >= 0.3 is 23.1 Å². The van der Waals surface area contributed by atoms with Crippen LogP contribution in [0.5, 0.6) is 0 Å². The van der Waals surface area contributed by atoms with Gasteiger partial charge in [0.2, 0.25) is 0 Å². The van der Waals surface area contributed by atoms with Crippen LogP contribution >= 0.6 is 0 Å². The minimum absolute atomic E-state index is 0. The summed E-state index contributed by atoms with van der Waals surface area (Å²) < 4.78 is 0. The fraction of sp³-hybridized carbons (Fsp3) is 0. The molecule has 0 aliphatic heterocycles. The summed E-state index contributed by atoms with van der Waals surface area (Å²) in [5.74, 6) is 0. The minimum Gasteiger partial charge on any atom is -1.00 e. The second-order valence-electron chi connectivity index (χ2n) is 0. The maximum absolute atomic E-state index is 0. The molecule has 0 aliphatic carbocycles. The van der Waals surface area contributed by atoms with E-state index in [2.05, 4.69) is 0 Å². The van der Waals surface area contributed by atoms with Gasteiger partial charge in [-0.25, -0.2) is 0 Å². The molecule has 4 heavy (non-hydrogen) atoms. The van der Waals surface area contributed by atoms with Crippen LogP contribution in [0.1, 0.15) is 2.85 Å². The quantitative estimate of drug-likeness (QED) is 0.449. The van der Waals surface area contributed by atoms with E-state index >= 15 is 0 Å². The van der Waals surface area contributed by atoms with E-state index in [1.165, 1.54) is 0 Å². The Kier molecular flexibility index (Phi) is 283. The molecule has 0 saturated carbocycles. The molecular weight excluding hydrogens is 235 g/mol. The maximum Gasteiger partial charge on any atom is 2.00 e. The third-order valence-electron chi connectivity index (χ3n) is 0. The van der Waals surface area contributed by atoms with Gasteiger partial charge in [0.05, 0.1) is 0 Å². The van der Waals surface area contributed by atoms with Gasteiger partial charge in [-0.15, -0.1) is 0 Å². The third kappa shape index (κ3) is 9.59. The molecule has 0 spiro atoms. The predicted octanol–water partition coefficient (Wildman–Crippen LogP) is -1.81. The van der Waals surface area contributed by atoms with Gasteiger partial charge < -0.3 is 13.8 Å². The summed E-state index contributed by atoms with van der Waals surface area (Å²) in [7, 11) is 0. The van der Waals surface area contributed by atoms with Gasteiger partial charge in [0.1, 0.15) is 0 Å². The average molecular weight is 241 g/mol. The van der Waals surface area contributed by atoms with Gasteiger partial charge in [-0.1, -0.05) is 0 Å². The molecule has 0 amide bonds. The molecule has 0 rings (SSSR count). The van der Waals surface area contributed by atoms with Crippen LogP contribution in [0.15, 0.2) is 0 Å². The van der Waals surface area contributed by atoms with Crippen LogP contribution in [-0.4, -0.2) is 34.0 Å². The van der Waals surface area contributed by atoms with Crippen LogP contribution in [0.3, 0.4) is 0 Å². The maximum atomic E-state index is 0. The van der Waals surface area contributed by atoms with Gasteiger partial charge in [-0.3, -0.25) is 0 Å². The SMILES string of the molecule is O.O.[H-].[H-].[Hf].[Mg+2]. The average Bonchev–Trinajstić information content (AvgIpc) is 0. The zero-order valence-electron chi connectivity index (χ0n) is 4.21. The Morgan fingerprint density at radius 2 is 1.00 bits per heavy atom. The molecule has 0 fully saturated rings. The van der Waals surface area contributed by atoms with Crippen LogP contribution in [-0.2, 0) is 25.8 Å². The van der Waals surface area contributed by atoms with Crippen LogP contribution in [0.25, 0.3) is 0 Å². The van der Waals surface area contributed by atoms with Crippen molar-refractivity contribution in [3.63, 3.8) is 0 Å². The second-order valence-corrected chi connectivity index (χ2v) is 0. The molecule has 0 aromatic rings. The van der Waals surface area contributed by atoms with Crippen LogP contribution in [0.4, 0.5) is 0 Å². The smallest absolute Gasteiger partial charge is 1.00 e. The Bertz CT molecular complexity index is 11.5.